The lowest BCUT2D eigenvalue weighted by atomic mass is 10.2. The van der Waals surface area contributed by atoms with E-state index in [0.717, 1.165) is 17.0 Å². The van der Waals surface area contributed by atoms with Crippen molar-refractivity contribution in [1.29, 1.82) is 10.5 Å². The first-order chi connectivity index (χ1) is 10.8. The molecule has 1 aromatic carbocycles. The molecule has 0 atom stereocenters. The molecule has 0 fully saturated rings. The molecule has 116 valence electrons. The van der Waals surface area contributed by atoms with Crippen LogP contribution in [0.1, 0.15) is 5.01 Å². The predicted molar refractivity (Wildman–Crippen MR) is 86.4 cm³/mol. The highest BCUT2D eigenvalue weighted by Gasteiger charge is 2.13. The topological polar surface area (TPSA) is 116 Å². The smallest absolute Gasteiger partial charge is 0.268 e. The molecule has 7 nitrogen and oxygen atoms in total. The van der Waals surface area contributed by atoms with Gasteiger partial charge in [0.25, 0.3) is 0 Å². The zero-order valence-corrected chi connectivity index (χ0v) is 13.9. The van der Waals surface area contributed by atoms with E-state index in [4.69, 9.17) is 22.1 Å². The zero-order valence-electron chi connectivity index (χ0n) is 11.5. The van der Waals surface area contributed by atoms with Gasteiger partial charge in [-0.3, -0.25) is 4.28 Å². The van der Waals surface area contributed by atoms with Crippen molar-refractivity contribution >= 4 is 49.0 Å². The monoisotopic (exact) mass is 366 g/mol. The second-order valence-electron chi connectivity index (χ2n) is 4.17. The van der Waals surface area contributed by atoms with Crippen LogP contribution in [0.5, 0.6) is 0 Å². The lowest BCUT2D eigenvalue weighted by Gasteiger charge is -1.97. The van der Waals surface area contributed by atoms with Crippen molar-refractivity contribution in [3.8, 4) is 12.1 Å². The molecule has 0 aliphatic carbocycles. The number of allylic oxidation sites excluding steroid dienone is 2. The number of hydrogen-bond donors (Lipinski definition) is 0. The minimum atomic E-state index is -3.84. The summed E-state index contributed by atoms with van der Waals surface area (Å²) in [6, 6.07) is 8.35. The van der Waals surface area contributed by atoms with E-state index in [1.165, 1.54) is 11.3 Å². The Kier molecular flexibility index (Phi) is 4.96. The molecular weight excluding hydrogens is 360 g/mol. The van der Waals surface area contributed by atoms with E-state index >= 15 is 0 Å². The van der Waals surface area contributed by atoms with Gasteiger partial charge >= 0.3 is 10.1 Å². The summed E-state index contributed by atoms with van der Waals surface area (Å²) in [5.41, 5.74) is 0.300. The number of halogens is 1. The fraction of sp³-hybridized carbons (Fsp3) is 0.0769. The standard InChI is InChI=1S/C13H7ClN4O3S2/c1-23(19,20)21-18-11(4-8(6-15)7-16)13-17-10-3-2-9(14)5-12(10)22-13/h2-5H,1H3/b18-11+. The van der Waals surface area contributed by atoms with Crippen molar-refractivity contribution in [2.24, 2.45) is 5.16 Å². The summed E-state index contributed by atoms with van der Waals surface area (Å²) in [7, 11) is -3.84. The van der Waals surface area contributed by atoms with Gasteiger partial charge in [-0.1, -0.05) is 16.8 Å². The van der Waals surface area contributed by atoms with Gasteiger partial charge in [0.2, 0.25) is 0 Å². The van der Waals surface area contributed by atoms with E-state index in [9.17, 15) is 8.42 Å². The normalized spacial score (nSPS) is 11.6. The van der Waals surface area contributed by atoms with Gasteiger partial charge in [0, 0.05) is 5.02 Å². The molecule has 0 radical (unpaired) electrons. The minimum Gasteiger partial charge on any atom is -0.268 e. The van der Waals surface area contributed by atoms with E-state index in [-0.39, 0.29) is 16.3 Å². The SMILES string of the molecule is CS(=O)(=O)O/N=C(\C=C(C#N)C#N)c1nc2ccc(Cl)cc2s1. The Hall–Kier alpha value is -2.46. The van der Waals surface area contributed by atoms with E-state index in [0.29, 0.717) is 10.5 Å². The maximum Gasteiger partial charge on any atom is 0.325 e. The number of hydrogen-bond acceptors (Lipinski definition) is 8. The molecule has 2 rings (SSSR count). The Labute approximate surface area is 140 Å². The number of nitrogens with zero attached hydrogens (tertiary/aromatic N) is 4. The molecule has 23 heavy (non-hydrogen) atoms. The Balaban J connectivity index is 2.57. The average molecular weight is 367 g/mol. The number of benzene rings is 1. The van der Waals surface area contributed by atoms with Crippen molar-refractivity contribution < 1.29 is 12.7 Å². The molecule has 2 aromatic rings. The van der Waals surface area contributed by atoms with Gasteiger partial charge in [0.1, 0.15) is 28.4 Å². The fourth-order valence-corrected chi connectivity index (χ4v) is 2.88. The molecule has 0 aliphatic heterocycles. The highest BCUT2D eigenvalue weighted by Crippen LogP contribution is 2.26. The van der Waals surface area contributed by atoms with Gasteiger partial charge in [0.15, 0.2) is 0 Å². The third kappa shape index (κ3) is 4.50. The van der Waals surface area contributed by atoms with E-state index in [2.05, 4.69) is 14.4 Å². The van der Waals surface area contributed by atoms with Crippen LogP contribution in [0.25, 0.3) is 10.2 Å². The predicted octanol–water partition coefficient (Wildman–Crippen LogP) is 2.60. The Morgan fingerprint density at radius 1 is 1.43 bits per heavy atom. The second kappa shape index (κ2) is 6.75. The quantitative estimate of drug-likeness (QED) is 0.466. The molecule has 1 aromatic heterocycles. The number of aromatic nitrogens is 1. The number of oxime groups is 1. The summed E-state index contributed by atoms with van der Waals surface area (Å²) >= 11 is 7.07. The first-order valence-electron chi connectivity index (χ1n) is 5.87. The van der Waals surface area contributed by atoms with E-state index < -0.39 is 10.1 Å². The molecule has 0 bridgehead atoms. The van der Waals surface area contributed by atoms with Gasteiger partial charge in [-0.2, -0.15) is 18.9 Å². The van der Waals surface area contributed by atoms with Crippen LogP contribution >= 0.6 is 22.9 Å². The van der Waals surface area contributed by atoms with Gasteiger partial charge in [0.05, 0.1) is 16.5 Å². The molecule has 0 aliphatic rings. The summed E-state index contributed by atoms with van der Waals surface area (Å²) in [5, 5.41) is 22.0. The van der Waals surface area contributed by atoms with Crippen LogP contribution < -0.4 is 0 Å². The number of rotatable bonds is 4. The summed E-state index contributed by atoms with van der Waals surface area (Å²) in [6.45, 7) is 0. The summed E-state index contributed by atoms with van der Waals surface area (Å²) in [6.07, 6.45) is 1.93. The van der Waals surface area contributed by atoms with Crippen molar-refractivity contribution in [1.82, 2.24) is 4.98 Å². The van der Waals surface area contributed by atoms with E-state index in [1.807, 2.05) is 0 Å². The van der Waals surface area contributed by atoms with Crippen LogP contribution in [0.3, 0.4) is 0 Å². The third-order valence-corrected chi connectivity index (χ3v) is 3.98. The number of nitriles is 2. The maximum atomic E-state index is 11.1. The molecular formula is C13H7ClN4O3S2. The van der Waals surface area contributed by atoms with Crippen LogP contribution in [0.2, 0.25) is 5.02 Å². The van der Waals surface area contributed by atoms with Crippen molar-refractivity contribution in [2.45, 2.75) is 0 Å². The summed E-state index contributed by atoms with van der Waals surface area (Å²) in [5.74, 6) is 0. The highest BCUT2D eigenvalue weighted by atomic mass is 35.5. The minimum absolute atomic E-state index is 0.0501. The van der Waals surface area contributed by atoms with Gasteiger partial charge < -0.3 is 0 Å². The van der Waals surface area contributed by atoms with Crippen LogP contribution in [-0.2, 0) is 14.4 Å². The van der Waals surface area contributed by atoms with Gasteiger partial charge in [-0.25, -0.2) is 4.98 Å². The van der Waals surface area contributed by atoms with Crippen LogP contribution in [0, 0.1) is 22.7 Å². The van der Waals surface area contributed by atoms with Gasteiger partial charge in [-0.15, -0.1) is 11.3 Å². The van der Waals surface area contributed by atoms with Crippen LogP contribution in [0.4, 0.5) is 0 Å². The largest absolute Gasteiger partial charge is 0.325 e. The van der Waals surface area contributed by atoms with Crippen molar-refractivity contribution in [2.75, 3.05) is 6.26 Å². The van der Waals surface area contributed by atoms with Crippen LogP contribution in [0.15, 0.2) is 35.0 Å². The van der Waals surface area contributed by atoms with Gasteiger partial charge in [-0.05, 0) is 24.3 Å². The molecule has 10 heteroatoms. The highest BCUT2D eigenvalue weighted by molar-refractivity contribution is 7.85. The third-order valence-electron chi connectivity index (χ3n) is 2.36. The van der Waals surface area contributed by atoms with E-state index in [1.54, 1.807) is 30.3 Å². The Morgan fingerprint density at radius 2 is 2.13 bits per heavy atom. The first-order valence-corrected chi connectivity index (χ1v) is 8.88. The lowest BCUT2D eigenvalue weighted by molar-refractivity contribution is 0.344. The Bertz CT molecular complexity index is 994. The van der Waals surface area contributed by atoms with Crippen molar-refractivity contribution in [3.63, 3.8) is 0 Å². The molecule has 0 spiro atoms. The number of fused-ring (bicyclic) bond motifs is 1. The molecule has 1 heterocycles. The summed E-state index contributed by atoms with van der Waals surface area (Å²) < 4.78 is 27.3. The summed E-state index contributed by atoms with van der Waals surface area (Å²) in [4.78, 5) is 4.27. The lowest BCUT2D eigenvalue weighted by Crippen LogP contribution is -2.03. The second-order valence-corrected chi connectivity index (χ2v) is 7.19. The Morgan fingerprint density at radius 3 is 2.74 bits per heavy atom. The molecule has 0 saturated carbocycles. The average Bonchev–Trinajstić information content (AvgIpc) is 2.89. The number of thiazole rings is 1. The fourth-order valence-electron chi connectivity index (χ4n) is 1.47. The zero-order chi connectivity index (χ0) is 17.0. The van der Waals surface area contributed by atoms with Crippen LogP contribution in [-0.4, -0.2) is 25.4 Å². The molecule has 0 amide bonds. The first kappa shape index (κ1) is 16.9. The molecule has 0 N–H and O–H groups in total. The maximum absolute atomic E-state index is 11.1. The molecule has 0 saturated heterocycles. The van der Waals surface area contributed by atoms with Crippen molar-refractivity contribution in [3.05, 3.63) is 39.9 Å². The molecule has 0 unspecified atom stereocenters.